The average molecular weight is 315 g/mol. The highest BCUT2D eigenvalue weighted by Gasteiger charge is 2.28. The topological polar surface area (TPSA) is 94.2 Å². The molecule has 6 heteroatoms. The Balaban J connectivity index is 2.18. The van der Waals surface area contributed by atoms with E-state index in [4.69, 9.17) is 8.83 Å². The number of phenols is 1. The minimum atomic E-state index is -1.19. The van der Waals surface area contributed by atoms with Crippen molar-refractivity contribution < 1.29 is 24.4 Å². The Morgan fingerprint density at radius 3 is 1.96 bits per heavy atom. The Labute approximate surface area is 132 Å². The zero-order chi connectivity index (χ0) is 16.6. The van der Waals surface area contributed by atoms with Crippen molar-refractivity contribution >= 4 is 5.69 Å². The zero-order valence-corrected chi connectivity index (χ0v) is 12.7. The molecular weight excluding hydrogens is 298 g/mol. The summed E-state index contributed by atoms with van der Waals surface area (Å²) in [5.41, 5.74) is 0.271. The van der Waals surface area contributed by atoms with Crippen molar-refractivity contribution in [1.29, 1.82) is 0 Å². The van der Waals surface area contributed by atoms with Crippen LogP contribution in [0.1, 0.15) is 34.5 Å². The molecule has 120 valence electrons. The lowest BCUT2D eigenvalue weighted by Crippen LogP contribution is -2.99. The predicted molar refractivity (Wildman–Crippen MR) is 81.7 cm³/mol. The predicted octanol–water partition coefficient (Wildman–Crippen LogP) is 2.78. The first-order valence-electron chi connectivity index (χ1n) is 7.15. The van der Waals surface area contributed by atoms with E-state index < -0.39 is 11.1 Å². The van der Waals surface area contributed by atoms with Gasteiger partial charge in [-0.15, -0.1) is 0 Å². The number of phenolic OH excluding ortho intramolecular Hbond substituents is 1. The Kier molecular flexibility index (Phi) is 3.96. The first-order chi connectivity index (χ1) is 11.0. The molecule has 1 unspecified atom stereocenters. The molecule has 2 heterocycles. The molecule has 0 spiro atoms. The third-order valence-corrected chi connectivity index (χ3v) is 3.70. The number of aryl methyl sites for hydroxylation is 2. The van der Waals surface area contributed by atoms with Gasteiger partial charge in [0.05, 0.1) is 0 Å². The number of furan rings is 2. The molecule has 0 aliphatic heterocycles. The van der Waals surface area contributed by atoms with Crippen molar-refractivity contribution in [2.75, 3.05) is 0 Å². The Hall–Kier alpha value is -2.54. The van der Waals surface area contributed by atoms with Crippen LogP contribution >= 0.6 is 0 Å². The van der Waals surface area contributed by atoms with Gasteiger partial charge in [0.25, 0.3) is 0 Å². The number of nitrogens with one attached hydrogen (secondary N) is 1. The number of quaternary nitrogens is 1. The van der Waals surface area contributed by atoms with Gasteiger partial charge in [0.2, 0.25) is 5.69 Å². The Bertz CT molecular complexity index is 778. The van der Waals surface area contributed by atoms with Crippen LogP contribution in [0.2, 0.25) is 0 Å². The van der Waals surface area contributed by atoms with Gasteiger partial charge in [-0.05, 0) is 38.1 Å². The molecule has 2 aromatic heterocycles. The summed E-state index contributed by atoms with van der Waals surface area (Å²) in [5, 5.41) is 29.7. The lowest BCUT2D eigenvalue weighted by Gasteiger charge is -2.18. The Morgan fingerprint density at radius 1 is 0.957 bits per heavy atom. The van der Waals surface area contributed by atoms with E-state index in [9.17, 15) is 15.5 Å². The van der Waals surface area contributed by atoms with E-state index in [0.29, 0.717) is 17.1 Å². The van der Waals surface area contributed by atoms with Crippen LogP contribution in [-0.4, -0.2) is 10.3 Å². The van der Waals surface area contributed by atoms with Crippen LogP contribution in [0.25, 0.3) is 0 Å². The fourth-order valence-corrected chi connectivity index (χ4v) is 2.63. The average Bonchev–Trinajstić information content (AvgIpc) is 3.10. The maximum absolute atomic E-state index is 11.3. The Morgan fingerprint density at radius 2 is 1.52 bits per heavy atom. The highest BCUT2D eigenvalue weighted by atomic mass is 16.8. The van der Waals surface area contributed by atoms with Crippen molar-refractivity contribution in [3.8, 4) is 5.75 Å². The van der Waals surface area contributed by atoms with Gasteiger partial charge in [0.15, 0.2) is 5.75 Å². The normalized spacial score (nSPS) is 12.7. The second-order valence-corrected chi connectivity index (χ2v) is 5.38. The summed E-state index contributed by atoms with van der Waals surface area (Å²) >= 11 is 0. The highest BCUT2D eigenvalue weighted by Crippen LogP contribution is 2.40. The van der Waals surface area contributed by atoms with Crippen molar-refractivity contribution in [2.24, 2.45) is 0 Å². The molecular formula is C17H17NO5. The number of aromatic hydroxyl groups is 1. The van der Waals surface area contributed by atoms with E-state index >= 15 is 0 Å². The standard InChI is InChI=1S/C17H17NO5/c1-10-6-8-14(22-10)16(15-9-7-11(2)23-15)12-4-3-5-13(17(12)19)18(20)21/h3-9,16,18-20H,1-2H3. The van der Waals surface area contributed by atoms with Crippen LogP contribution in [-0.2, 0) is 0 Å². The van der Waals surface area contributed by atoms with Crippen molar-refractivity contribution in [2.45, 2.75) is 19.8 Å². The lowest BCUT2D eigenvalue weighted by atomic mass is 9.92. The van der Waals surface area contributed by atoms with Crippen LogP contribution in [0, 0.1) is 19.1 Å². The summed E-state index contributed by atoms with van der Waals surface area (Å²) in [7, 11) is 0. The summed E-state index contributed by atoms with van der Waals surface area (Å²) < 4.78 is 11.4. The van der Waals surface area contributed by atoms with Gasteiger partial charge < -0.3 is 19.1 Å². The quantitative estimate of drug-likeness (QED) is 0.508. The summed E-state index contributed by atoms with van der Waals surface area (Å²) in [6.45, 7) is 3.64. The lowest BCUT2D eigenvalue weighted by molar-refractivity contribution is -0.991. The maximum atomic E-state index is 11.3. The number of para-hydroxylation sites is 1. The first-order valence-corrected chi connectivity index (χ1v) is 7.15. The summed E-state index contributed by atoms with van der Waals surface area (Å²) in [6.07, 6.45) is 0. The van der Waals surface area contributed by atoms with E-state index in [2.05, 4.69) is 0 Å². The van der Waals surface area contributed by atoms with Crippen molar-refractivity contribution in [1.82, 2.24) is 0 Å². The largest absolute Gasteiger partial charge is 0.595 e. The highest BCUT2D eigenvalue weighted by molar-refractivity contribution is 5.55. The molecule has 3 rings (SSSR count). The van der Waals surface area contributed by atoms with Gasteiger partial charge in [-0.2, -0.15) is 5.23 Å². The molecule has 0 bridgehead atoms. The minimum absolute atomic E-state index is 0.154. The van der Waals surface area contributed by atoms with Crippen LogP contribution in [0.4, 0.5) is 5.69 Å². The molecule has 0 radical (unpaired) electrons. The molecule has 3 N–H and O–H groups in total. The zero-order valence-electron chi connectivity index (χ0n) is 12.7. The number of benzene rings is 1. The molecule has 1 atom stereocenters. The SMILES string of the molecule is Cc1ccc(C(c2ccc(C)o2)c2cccc([NH+]([O-])O)c2O)o1. The molecule has 0 aliphatic carbocycles. The second-order valence-electron chi connectivity index (χ2n) is 5.38. The van der Waals surface area contributed by atoms with Gasteiger partial charge in [-0.3, -0.25) is 0 Å². The van der Waals surface area contributed by atoms with E-state index in [1.54, 1.807) is 24.3 Å². The second kappa shape index (κ2) is 5.92. The molecule has 23 heavy (non-hydrogen) atoms. The fraction of sp³-hybridized carbons (Fsp3) is 0.176. The molecule has 1 aromatic carbocycles. The molecule has 6 nitrogen and oxygen atoms in total. The van der Waals surface area contributed by atoms with Crippen molar-refractivity contribution in [3.05, 3.63) is 76.3 Å². The molecule has 0 saturated carbocycles. The molecule has 0 amide bonds. The van der Waals surface area contributed by atoms with Crippen LogP contribution in [0.15, 0.2) is 51.3 Å². The summed E-state index contributed by atoms with van der Waals surface area (Å²) in [5.74, 6) is 1.80. The molecule has 0 fully saturated rings. The smallest absolute Gasteiger partial charge is 0.206 e. The maximum Gasteiger partial charge on any atom is 0.206 e. The van der Waals surface area contributed by atoms with Gasteiger partial charge in [-0.1, -0.05) is 12.1 Å². The monoisotopic (exact) mass is 315 g/mol. The fourth-order valence-electron chi connectivity index (χ4n) is 2.63. The number of hydrogen-bond acceptors (Lipinski definition) is 5. The van der Waals surface area contributed by atoms with Crippen molar-refractivity contribution in [3.63, 3.8) is 0 Å². The summed E-state index contributed by atoms with van der Waals surface area (Å²) in [6, 6.07) is 11.8. The van der Waals surface area contributed by atoms with Gasteiger partial charge in [-0.25, -0.2) is 5.21 Å². The number of rotatable bonds is 4. The van der Waals surface area contributed by atoms with E-state index in [-0.39, 0.29) is 11.4 Å². The first kappa shape index (κ1) is 15.4. The van der Waals surface area contributed by atoms with Gasteiger partial charge in [0, 0.05) is 11.6 Å². The van der Waals surface area contributed by atoms with Gasteiger partial charge >= 0.3 is 0 Å². The van der Waals surface area contributed by atoms with Crippen LogP contribution in [0.3, 0.4) is 0 Å². The molecule has 0 saturated heterocycles. The van der Waals surface area contributed by atoms with E-state index in [1.165, 1.54) is 6.07 Å². The third kappa shape index (κ3) is 2.87. The van der Waals surface area contributed by atoms with E-state index in [0.717, 1.165) is 11.5 Å². The third-order valence-electron chi connectivity index (χ3n) is 3.70. The van der Waals surface area contributed by atoms with E-state index in [1.807, 2.05) is 26.0 Å². The van der Waals surface area contributed by atoms with Crippen LogP contribution in [0.5, 0.6) is 5.75 Å². The summed E-state index contributed by atoms with van der Waals surface area (Å²) in [4.78, 5) is 0. The molecule has 0 aliphatic rings. The minimum Gasteiger partial charge on any atom is -0.595 e. The molecule has 3 aromatic rings. The number of hydrogen-bond donors (Lipinski definition) is 3. The van der Waals surface area contributed by atoms with Crippen LogP contribution < -0.4 is 5.23 Å². The van der Waals surface area contributed by atoms with Gasteiger partial charge in [0.1, 0.15) is 29.0 Å².